The van der Waals surface area contributed by atoms with Crippen LogP contribution in [0.4, 0.5) is 0 Å². The lowest BCUT2D eigenvalue weighted by atomic mass is 10.2. The highest BCUT2D eigenvalue weighted by Gasteiger charge is 2.05. The molecule has 0 fully saturated rings. The van der Waals surface area contributed by atoms with E-state index in [-0.39, 0.29) is 0 Å². The van der Waals surface area contributed by atoms with Crippen LogP contribution in [0.15, 0.2) is 42.9 Å². The highest BCUT2D eigenvalue weighted by molar-refractivity contribution is 5.25. The van der Waals surface area contributed by atoms with E-state index in [1.807, 2.05) is 36.7 Å². The largest absolute Gasteiger partial charge is 0.295 e. The molecule has 2 aromatic rings. The van der Waals surface area contributed by atoms with Gasteiger partial charge in [-0.3, -0.25) is 9.88 Å². The maximum atomic E-state index is 8.86. The van der Waals surface area contributed by atoms with Gasteiger partial charge in [0, 0.05) is 31.7 Å². The second-order valence-electron chi connectivity index (χ2n) is 4.32. The standard InChI is InChI=1S/C15H16N4/c1-2-19(11-13-3-6-17-7-4-13)12-14-5-8-18-15(9-14)10-16/h3-9H,2,11-12H2,1H3. The molecule has 0 aliphatic heterocycles. The third kappa shape index (κ3) is 3.87. The minimum absolute atomic E-state index is 0.470. The van der Waals surface area contributed by atoms with E-state index in [1.165, 1.54) is 5.56 Å². The van der Waals surface area contributed by atoms with Crippen LogP contribution < -0.4 is 0 Å². The molecule has 0 aliphatic carbocycles. The van der Waals surface area contributed by atoms with Gasteiger partial charge in [0.15, 0.2) is 0 Å². The lowest BCUT2D eigenvalue weighted by molar-refractivity contribution is 0.271. The van der Waals surface area contributed by atoms with Gasteiger partial charge < -0.3 is 0 Å². The molecule has 0 saturated heterocycles. The summed E-state index contributed by atoms with van der Waals surface area (Å²) in [6.07, 6.45) is 5.31. The maximum Gasteiger partial charge on any atom is 0.140 e. The minimum Gasteiger partial charge on any atom is -0.295 e. The van der Waals surface area contributed by atoms with Crippen molar-refractivity contribution in [3.63, 3.8) is 0 Å². The lowest BCUT2D eigenvalue weighted by Crippen LogP contribution is -2.22. The zero-order chi connectivity index (χ0) is 13.5. The zero-order valence-corrected chi connectivity index (χ0v) is 11.0. The number of hydrogen-bond acceptors (Lipinski definition) is 4. The highest BCUT2D eigenvalue weighted by atomic mass is 15.1. The predicted octanol–water partition coefficient (Wildman–Crippen LogP) is 2.37. The van der Waals surface area contributed by atoms with Gasteiger partial charge in [-0.15, -0.1) is 0 Å². The molecule has 4 nitrogen and oxygen atoms in total. The average molecular weight is 252 g/mol. The average Bonchev–Trinajstić information content (AvgIpc) is 2.48. The Morgan fingerprint density at radius 3 is 2.47 bits per heavy atom. The molecule has 4 heteroatoms. The Morgan fingerprint density at radius 2 is 1.79 bits per heavy atom. The summed E-state index contributed by atoms with van der Waals surface area (Å²) in [6.45, 7) is 4.78. The molecule has 2 rings (SSSR count). The SMILES string of the molecule is CCN(Cc1ccncc1)Cc1ccnc(C#N)c1. The monoisotopic (exact) mass is 252 g/mol. The molecule has 0 amide bonds. The van der Waals surface area contributed by atoms with Gasteiger partial charge in [0.05, 0.1) is 0 Å². The van der Waals surface area contributed by atoms with Crippen molar-refractivity contribution in [3.05, 3.63) is 59.7 Å². The van der Waals surface area contributed by atoms with Crippen molar-refractivity contribution >= 4 is 0 Å². The van der Waals surface area contributed by atoms with Crippen molar-refractivity contribution in [2.45, 2.75) is 20.0 Å². The summed E-state index contributed by atoms with van der Waals surface area (Å²) in [5.74, 6) is 0. The topological polar surface area (TPSA) is 52.8 Å². The fourth-order valence-corrected chi connectivity index (χ4v) is 1.92. The van der Waals surface area contributed by atoms with Crippen molar-refractivity contribution in [1.29, 1.82) is 5.26 Å². The first kappa shape index (κ1) is 13.2. The fourth-order valence-electron chi connectivity index (χ4n) is 1.92. The van der Waals surface area contributed by atoms with Crippen molar-refractivity contribution in [3.8, 4) is 6.07 Å². The number of pyridine rings is 2. The van der Waals surface area contributed by atoms with Gasteiger partial charge in [0.25, 0.3) is 0 Å². The third-order valence-electron chi connectivity index (χ3n) is 2.95. The number of rotatable bonds is 5. The number of nitrogens with zero attached hydrogens (tertiary/aromatic N) is 4. The van der Waals surface area contributed by atoms with E-state index in [0.29, 0.717) is 5.69 Å². The van der Waals surface area contributed by atoms with Gasteiger partial charge in [-0.05, 0) is 41.9 Å². The van der Waals surface area contributed by atoms with E-state index in [2.05, 4.69) is 27.9 Å². The van der Waals surface area contributed by atoms with Crippen molar-refractivity contribution < 1.29 is 0 Å². The van der Waals surface area contributed by atoms with Crippen molar-refractivity contribution in [2.24, 2.45) is 0 Å². The van der Waals surface area contributed by atoms with Gasteiger partial charge in [0.2, 0.25) is 0 Å². The first-order valence-electron chi connectivity index (χ1n) is 6.28. The fraction of sp³-hybridized carbons (Fsp3) is 0.267. The Morgan fingerprint density at radius 1 is 1.11 bits per heavy atom. The van der Waals surface area contributed by atoms with E-state index < -0.39 is 0 Å². The molecule has 0 radical (unpaired) electrons. The number of hydrogen-bond donors (Lipinski definition) is 0. The number of aromatic nitrogens is 2. The first-order valence-corrected chi connectivity index (χ1v) is 6.28. The normalized spacial score (nSPS) is 10.4. The Kier molecular flexibility index (Phi) is 4.60. The Labute approximate surface area is 113 Å². The molecule has 0 saturated carbocycles. The van der Waals surface area contributed by atoms with Crippen LogP contribution in [0, 0.1) is 11.3 Å². The van der Waals surface area contributed by atoms with Gasteiger partial charge >= 0.3 is 0 Å². The highest BCUT2D eigenvalue weighted by Crippen LogP contribution is 2.09. The van der Waals surface area contributed by atoms with Gasteiger partial charge in [0.1, 0.15) is 11.8 Å². The Bertz CT molecular complexity index is 560. The molecule has 0 aliphatic rings. The molecule has 0 spiro atoms. The molecule has 0 unspecified atom stereocenters. The summed E-state index contributed by atoms with van der Waals surface area (Å²) in [7, 11) is 0. The van der Waals surface area contributed by atoms with Crippen LogP contribution in [-0.4, -0.2) is 21.4 Å². The van der Waals surface area contributed by atoms with Gasteiger partial charge in [-0.2, -0.15) is 5.26 Å². The molecular weight excluding hydrogens is 236 g/mol. The smallest absolute Gasteiger partial charge is 0.140 e. The maximum absolute atomic E-state index is 8.86. The van der Waals surface area contributed by atoms with Crippen LogP contribution in [0.3, 0.4) is 0 Å². The Balaban J connectivity index is 2.05. The van der Waals surface area contributed by atoms with Crippen LogP contribution in [0.5, 0.6) is 0 Å². The molecule has 96 valence electrons. The zero-order valence-electron chi connectivity index (χ0n) is 11.0. The quantitative estimate of drug-likeness (QED) is 0.819. The molecule has 0 aromatic carbocycles. The van der Waals surface area contributed by atoms with Crippen LogP contribution in [0.1, 0.15) is 23.7 Å². The second-order valence-corrected chi connectivity index (χ2v) is 4.32. The summed E-state index contributed by atoms with van der Waals surface area (Å²) in [4.78, 5) is 10.3. The van der Waals surface area contributed by atoms with Crippen LogP contribution >= 0.6 is 0 Å². The predicted molar refractivity (Wildman–Crippen MR) is 73.0 cm³/mol. The molecule has 0 bridgehead atoms. The van der Waals surface area contributed by atoms with Crippen LogP contribution in [0.25, 0.3) is 0 Å². The van der Waals surface area contributed by atoms with E-state index in [9.17, 15) is 0 Å². The van der Waals surface area contributed by atoms with E-state index in [4.69, 9.17) is 5.26 Å². The molecule has 0 N–H and O–H groups in total. The molecular formula is C15H16N4. The number of nitriles is 1. The second kappa shape index (κ2) is 6.62. The molecule has 2 heterocycles. The van der Waals surface area contributed by atoms with E-state index in [1.54, 1.807) is 6.20 Å². The van der Waals surface area contributed by atoms with E-state index in [0.717, 1.165) is 25.2 Å². The minimum atomic E-state index is 0.470. The summed E-state index contributed by atoms with van der Waals surface area (Å²) in [5.41, 5.74) is 2.83. The van der Waals surface area contributed by atoms with E-state index >= 15 is 0 Å². The van der Waals surface area contributed by atoms with Crippen molar-refractivity contribution in [2.75, 3.05) is 6.54 Å². The molecule has 2 aromatic heterocycles. The van der Waals surface area contributed by atoms with Crippen LogP contribution in [-0.2, 0) is 13.1 Å². The summed E-state index contributed by atoms with van der Waals surface area (Å²) in [6, 6.07) is 9.91. The molecule has 19 heavy (non-hydrogen) atoms. The summed E-state index contributed by atoms with van der Waals surface area (Å²) < 4.78 is 0. The summed E-state index contributed by atoms with van der Waals surface area (Å²) in [5, 5.41) is 8.86. The summed E-state index contributed by atoms with van der Waals surface area (Å²) >= 11 is 0. The molecule has 0 atom stereocenters. The van der Waals surface area contributed by atoms with Crippen molar-refractivity contribution in [1.82, 2.24) is 14.9 Å². The Hall–Kier alpha value is -2.25. The first-order chi connectivity index (χ1) is 9.31. The van der Waals surface area contributed by atoms with Gasteiger partial charge in [-0.25, -0.2) is 4.98 Å². The van der Waals surface area contributed by atoms with Gasteiger partial charge in [-0.1, -0.05) is 6.92 Å². The lowest BCUT2D eigenvalue weighted by Gasteiger charge is -2.20. The third-order valence-corrected chi connectivity index (χ3v) is 2.95. The van der Waals surface area contributed by atoms with Crippen LogP contribution in [0.2, 0.25) is 0 Å².